The third kappa shape index (κ3) is 3.44. The maximum Gasteiger partial charge on any atom is 0.0695 e. The molecule has 3 nitrogen and oxygen atoms in total. The minimum absolute atomic E-state index is 0.113. The average Bonchev–Trinajstić information content (AvgIpc) is 2.94. The van der Waals surface area contributed by atoms with Gasteiger partial charge in [0.25, 0.3) is 0 Å². The van der Waals surface area contributed by atoms with Crippen LogP contribution < -0.4 is 0 Å². The van der Waals surface area contributed by atoms with Crippen molar-refractivity contribution in [2.75, 3.05) is 26.8 Å². The van der Waals surface area contributed by atoms with Gasteiger partial charge in [0, 0.05) is 19.2 Å². The predicted octanol–water partition coefficient (Wildman–Crippen LogP) is 1.26. The largest absolute Gasteiger partial charge is 0.391 e. The summed E-state index contributed by atoms with van der Waals surface area (Å²) in [6, 6.07) is 0.370. The molecule has 3 heteroatoms. The average molecular weight is 213 g/mol. The van der Waals surface area contributed by atoms with Crippen molar-refractivity contribution >= 4 is 0 Å². The standard InChI is InChI=1S/C12H23NO2/c1-13(11-3-2-4-12(11)14)7-8-15-9-10-5-6-10/h10-12,14H,2-9H2,1H3/t11-,12-/m1/s1. The van der Waals surface area contributed by atoms with E-state index in [9.17, 15) is 5.11 Å². The first-order valence-electron chi connectivity index (χ1n) is 6.23. The van der Waals surface area contributed by atoms with Crippen molar-refractivity contribution in [1.29, 1.82) is 0 Å². The fourth-order valence-electron chi connectivity index (χ4n) is 2.34. The first-order chi connectivity index (χ1) is 7.27. The Bertz CT molecular complexity index is 194. The van der Waals surface area contributed by atoms with Gasteiger partial charge in [-0.3, -0.25) is 4.90 Å². The molecule has 2 atom stereocenters. The second kappa shape index (κ2) is 5.28. The van der Waals surface area contributed by atoms with Crippen molar-refractivity contribution in [2.24, 2.45) is 5.92 Å². The zero-order valence-corrected chi connectivity index (χ0v) is 9.69. The number of likely N-dealkylation sites (N-methyl/N-ethyl adjacent to an activating group) is 1. The van der Waals surface area contributed by atoms with Crippen molar-refractivity contribution in [1.82, 2.24) is 4.90 Å². The van der Waals surface area contributed by atoms with E-state index < -0.39 is 0 Å². The first-order valence-corrected chi connectivity index (χ1v) is 6.23. The summed E-state index contributed by atoms with van der Waals surface area (Å²) in [5, 5.41) is 9.73. The molecule has 2 saturated carbocycles. The van der Waals surface area contributed by atoms with E-state index in [2.05, 4.69) is 11.9 Å². The third-order valence-electron chi connectivity index (χ3n) is 3.65. The second-order valence-corrected chi connectivity index (χ2v) is 5.06. The molecule has 2 aliphatic rings. The molecular formula is C12H23NO2. The first kappa shape index (κ1) is 11.4. The minimum Gasteiger partial charge on any atom is -0.391 e. The van der Waals surface area contributed by atoms with Crippen molar-refractivity contribution in [3.63, 3.8) is 0 Å². The lowest BCUT2D eigenvalue weighted by Crippen LogP contribution is -2.39. The van der Waals surface area contributed by atoms with Crippen LogP contribution >= 0.6 is 0 Å². The van der Waals surface area contributed by atoms with Crippen LogP contribution in [0.5, 0.6) is 0 Å². The Hall–Kier alpha value is -0.120. The maximum atomic E-state index is 9.73. The number of rotatable bonds is 6. The zero-order valence-electron chi connectivity index (χ0n) is 9.69. The summed E-state index contributed by atoms with van der Waals surface area (Å²) in [5.41, 5.74) is 0. The van der Waals surface area contributed by atoms with Crippen LogP contribution in [-0.2, 0) is 4.74 Å². The predicted molar refractivity (Wildman–Crippen MR) is 59.8 cm³/mol. The minimum atomic E-state index is -0.113. The number of nitrogens with zero attached hydrogens (tertiary/aromatic N) is 1. The maximum absolute atomic E-state index is 9.73. The van der Waals surface area contributed by atoms with Crippen LogP contribution in [0.25, 0.3) is 0 Å². The molecule has 15 heavy (non-hydrogen) atoms. The molecule has 1 N–H and O–H groups in total. The molecule has 0 amide bonds. The van der Waals surface area contributed by atoms with Crippen LogP contribution in [0.2, 0.25) is 0 Å². The molecule has 2 fully saturated rings. The van der Waals surface area contributed by atoms with E-state index in [4.69, 9.17) is 4.74 Å². The SMILES string of the molecule is CN(CCOCC1CC1)[C@@H]1CCC[C@H]1O. The highest BCUT2D eigenvalue weighted by atomic mass is 16.5. The number of hydrogen-bond donors (Lipinski definition) is 1. The van der Waals surface area contributed by atoms with Gasteiger partial charge in [0.2, 0.25) is 0 Å². The summed E-state index contributed by atoms with van der Waals surface area (Å²) in [6.45, 7) is 2.71. The molecule has 0 aromatic rings. The molecule has 0 bridgehead atoms. The van der Waals surface area contributed by atoms with E-state index in [1.165, 1.54) is 19.3 Å². The third-order valence-corrected chi connectivity index (χ3v) is 3.65. The highest BCUT2D eigenvalue weighted by Gasteiger charge is 2.28. The fraction of sp³-hybridized carbons (Fsp3) is 1.00. The molecule has 0 radical (unpaired) electrons. The van der Waals surface area contributed by atoms with Crippen molar-refractivity contribution < 1.29 is 9.84 Å². The van der Waals surface area contributed by atoms with Gasteiger partial charge in [-0.25, -0.2) is 0 Å². The van der Waals surface area contributed by atoms with Crippen LogP contribution in [0.3, 0.4) is 0 Å². The lowest BCUT2D eigenvalue weighted by Gasteiger charge is -2.26. The van der Waals surface area contributed by atoms with Gasteiger partial charge in [0.15, 0.2) is 0 Å². The lowest BCUT2D eigenvalue weighted by atomic mass is 10.2. The van der Waals surface area contributed by atoms with Gasteiger partial charge in [-0.05, 0) is 45.1 Å². The number of aliphatic hydroxyl groups is 1. The molecule has 2 rings (SSSR count). The smallest absolute Gasteiger partial charge is 0.0695 e. The monoisotopic (exact) mass is 213 g/mol. The van der Waals surface area contributed by atoms with Gasteiger partial charge in [-0.15, -0.1) is 0 Å². The van der Waals surface area contributed by atoms with E-state index in [0.717, 1.165) is 38.5 Å². The molecule has 0 spiro atoms. The van der Waals surface area contributed by atoms with E-state index in [0.29, 0.717) is 6.04 Å². The molecule has 88 valence electrons. The van der Waals surface area contributed by atoms with Crippen LogP contribution in [0.4, 0.5) is 0 Å². The van der Waals surface area contributed by atoms with E-state index in [-0.39, 0.29) is 6.10 Å². The highest BCUT2D eigenvalue weighted by molar-refractivity contribution is 4.83. The molecule has 0 saturated heterocycles. The normalized spacial score (nSPS) is 31.4. The Balaban J connectivity index is 1.56. The Kier molecular flexibility index (Phi) is 4.00. The van der Waals surface area contributed by atoms with Gasteiger partial charge in [0.1, 0.15) is 0 Å². The summed E-state index contributed by atoms with van der Waals surface area (Å²) in [6.07, 6.45) is 5.88. The molecule has 0 aromatic carbocycles. The van der Waals surface area contributed by atoms with Gasteiger partial charge in [-0.1, -0.05) is 0 Å². The van der Waals surface area contributed by atoms with Gasteiger partial charge >= 0.3 is 0 Å². The summed E-state index contributed by atoms with van der Waals surface area (Å²) in [5.74, 6) is 0.854. The van der Waals surface area contributed by atoms with Crippen LogP contribution in [0.1, 0.15) is 32.1 Å². The quantitative estimate of drug-likeness (QED) is 0.674. The number of ether oxygens (including phenoxy) is 1. The highest BCUT2D eigenvalue weighted by Crippen LogP contribution is 2.28. The van der Waals surface area contributed by atoms with E-state index in [1.807, 2.05) is 0 Å². The Morgan fingerprint density at radius 1 is 1.27 bits per heavy atom. The summed E-state index contributed by atoms with van der Waals surface area (Å²) in [4.78, 5) is 2.25. The van der Waals surface area contributed by atoms with E-state index in [1.54, 1.807) is 0 Å². The van der Waals surface area contributed by atoms with Crippen LogP contribution in [0.15, 0.2) is 0 Å². The molecule has 0 unspecified atom stereocenters. The van der Waals surface area contributed by atoms with Crippen LogP contribution in [0, 0.1) is 5.92 Å². The fourth-order valence-corrected chi connectivity index (χ4v) is 2.34. The van der Waals surface area contributed by atoms with E-state index >= 15 is 0 Å². The molecule has 0 heterocycles. The molecule has 0 aromatic heterocycles. The Labute approximate surface area is 92.4 Å². The molecule has 0 aliphatic heterocycles. The van der Waals surface area contributed by atoms with Crippen molar-refractivity contribution in [3.8, 4) is 0 Å². The summed E-state index contributed by atoms with van der Waals surface area (Å²) in [7, 11) is 2.10. The summed E-state index contributed by atoms with van der Waals surface area (Å²) >= 11 is 0. The van der Waals surface area contributed by atoms with Gasteiger partial charge in [-0.2, -0.15) is 0 Å². The van der Waals surface area contributed by atoms with Crippen LogP contribution in [-0.4, -0.2) is 49.0 Å². The van der Waals surface area contributed by atoms with Gasteiger partial charge in [0.05, 0.1) is 12.7 Å². The second-order valence-electron chi connectivity index (χ2n) is 5.06. The Morgan fingerprint density at radius 3 is 2.67 bits per heavy atom. The van der Waals surface area contributed by atoms with Crippen molar-refractivity contribution in [2.45, 2.75) is 44.2 Å². The Morgan fingerprint density at radius 2 is 2.07 bits per heavy atom. The molecule has 2 aliphatic carbocycles. The van der Waals surface area contributed by atoms with Crippen molar-refractivity contribution in [3.05, 3.63) is 0 Å². The lowest BCUT2D eigenvalue weighted by molar-refractivity contribution is 0.0534. The molecular weight excluding hydrogens is 190 g/mol. The van der Waals surface area contributed by atoms with Gasteiger partial charge < -0.3 is 9.84 Å². The topological polar surface area (TPSA) is 32.7 Å². The number of aliphatic hydroxyl groups excluding tert-OH is 1. The zero-order chi connectivity index (χ0) is 10.7. The number of hydrogen-bond acceptors (Lipinski definition) is 3. The summed E-state index contributed by atoms with van der Waals surface area (Å²) < 4.78 is 5.60.